The molecule has 0 aromatic heterocycles. The highest BCUT2D eigenvalue weighted by molar-refractivity contribution is 7.89. The van der Waals surface area contributed by atoms with Gasteiger partial charge < -0.3 is 9.84 Å². The number of hydrogen-bond donors (Lipinski definition) is 2. The fourth-order valence-corrected chi connectivity index (χ4v) is 3.47. The quantitative estimate of drug-likeness (QED) is 0.603. The Labute approximate surface area is 158 Å². The van der Waals surface area contributed by atoms with Crippen LogP contribution >= 0.6 is 0 Å². The molecule has 2 aromatic carbocycles. The lowest BCUT2D eigenvalue weighted by Crippen LogP contribution is -2.27. The first-order chi connectivity index (χ1) is 12.8. The molecule has 2 rings (SSSR count). The highest BCUT2D eigenvalue weighted by Crippen LogP contribution is 2.17. The molecular formula is C19H22FNO5S. The van der Waals surface area contributed by atoms with Gasteiger partial charge in [0.2, 0.25) is 10.0 Å². The van der Waals surface area contributed by atoms with Gasteiger partial charge >= 0.3 is 5.97 Å². The van der Waals surface area contributed by atoms with Gasteiger partial charge in [0, 0.05) is 6.54 Å². The van der Waals surface area contributed by atoms with Crippen LogP contribution in [0, 0.1) is 5.82 Å². The number of unbranched alkanes of at least 4 members (excludes halogenated alkanes) is 1. The molecule has 8 heteroatoms. The molecule has 0 saturated carbocycles. The molecule has 0 aliphatic rings. The minimum atomic E-state index is -4.15. The number of rotatable bonds is 10. The van der Waals surface area contributed by atoms with E-state index in [0.29, 0.717) is 13.0 Å². The summed E-state index contributed by atoms with van der Waals surface area (Å²) >= 11 is 0. The zero-order valence-corrected chi connectivity index (χ0v) is 15.8. The van der Waals surface area contributed by atoms with Crippen molar-refractivity contribution in [2.24, 2.45) is 0 Å². The molecule has 0 radical (unpaired) electrons. The Hall–Kier alpha value is -2.45. The van der Waals surface area contributed by atoms with Crippen LogP contribution in [-0.2, 0) is 16.4 Å². The molecule has 0 saturated heterocycles. The summed E-state index contributed by atoms with van der Waals surface area (Å²) in [5.41, 5.74) is 0.593. The van der Waals surface area contributed by atoms with Crippen molar-refractivity contribution in [3.8, 4) is 5.75 Å². The molecular weight excluding hydrogens is 373 g/mol. The van der Waals surface area contributed by atoms with Crippen LogP contribution in [-0.4, -0.2) is 32.6 Å². The molecule has 0 fully saturated rings. The molecule has 0 heterocycles. The summed E-state index contributed by atoms with van der Waals surface area (Å²) in [6.07, 6.45) is 2.42. The monoisotopic (exact) mass is 395 g/mol. The average Bonchev–Trinajstić information content (AvgIpc) is 2.63. The molecule has 0 unspecified atom stereocenters. The Morgan fingerprint density at radius 2 is 1.89 bits per heavy atom. The van der Waals surface area contributed by atoms with Crippen molar-refractivity contribution in [2.75, 3.05) is 13.2 Å². The van der Waals surface area contributed by atoms with E-state index in [0.717, 1.165) is 42.4 Å². The van der Waals surface area contributed by atoms with E-state index in [-0.39, 0.29) is 12.1 Å². The first-order valence-electron chi connectivity index (χ1n) is 8.57. The van der Waals surface area contributed by atoms with Gasteiger partial charge in [-0.1, -0.05) is 25.5 Å². The van der Waals surface area contributed by atoms with E-state index in [2.05, 4.69) is 11.6 Å². The predicted molar refractivity (Wildman–Crippen MR) is 99.1 cm³/mol. The third-order valence-corrected chi connectivity index (χ3v) is 5.34. The van der Waals surface area contributed by atoms with E-state index in [4.69, 9.17) is 9.84 Å². The van der Waals surface area contributed by atoms with E-state index in [1.807, 2.05) is 24.3 Å². The lowest BCUT2D eigenvalue weighted by Gasteiger charge is -2.09. The molecule has 0 aliphatic heterocycles. The summed E-state index contributed by atoms with van der Waals surface area (Å²) < 4.78 is 46.2. The number of sulfonamides is 1. The van der Waals surface area contributed by atoms with E-state index >= 15 is 0 Å². The number of benzene rings is 2. The van der Waals surface area contributed by atoms with Crippen molar-refractivity contribution < 1.29 is 27.4 Å². The molecule has 2 N–H and O–H groups in total. The fraction of sp³-hybridized carbons (Fsp3) is 0.316. The SMILES string of the molecule is CCCCOc1ccc(CCNS(=O)(=O)c2cc(C(=O)O)ccc2F)cc1. The van der Waals surface area contributed by atoms with Crippen molar-refractivity contribution in [3.05, 3.63) is 59.4 Å². The molecule has 2 aromatic rings. The van der Waals surface area contributed by atoms with Gasteiger partial charge in [-0.2, -0.15) is 0 Å². The Kier molecular flexibility index (Phi) is 7.32. The molecule has 0 aliphatic carbocycles. The largest absolute Gasteiger partial charge is 0.494 e. The number of aromatic carboxylic acids is 1. The maximum absolute atomic E-state index is 13.8. The van der Waals surface area contributed by atoms with Gasteiger partial charge in [0.1, 0.15) is 16.5 Å². The second-order valence-electron chi connectivity index (χ2n) is 5.94. The second-order valence-corrected chi connectivity index (χ2v) is 7.68. The van der Waals surface area contributed by atoms with Crippen LogP contribution in [0.25, 0.3) is 0 Å². The fourth-order valence-electron chi connectivity index (χ4n) is 2.34. The highest BCUT2D eigenvalue weighted by atomic mass is 32.2. The maximum Gasteiger partial charge on any atom is 0.335 e. The van der Waals surface area contributed by atoms with E-state index in [9.17, 15) is 17.6 Å². The van der Waals surface area contributed by atoms with Crippen LogP contribution in [0.5, 0.6) is 5.75 Å². The summed E-state index contributed by atoms with van der Waals surface area (Å²) in [5.74, 6) is -1.57. The zero-order valence-electron chi connectivity index (χ0n) is 14.9. The van der Waals surface area contributed by atoms with Crippen molar-refractivity contribution >= 4 is 16.0 Å². The van der Waals surface area contributed by atoms with Crippen molar-refractivity contribution in [2.45, 2.75) is 31.1 Å². The Morgan fingerprint density at radius 1 is 1.19 bits per heavy atom. The number of halogens is 1. The van der Waals surface area contributed by atoms with Gasteiger partial charge in [-0.15, -0.1) is 0 Å². The summed E-state index contributed by atoms with van der Waals surface area (Å²) in [7, 11) is -4.15. The highest BCUT2D eigenvalue weighted by Gasteiger charge is 2.20. The van der Waals surface area contributed by atoms with Gasteiger partial charge in [0.15, 0.2) is 0 Å². The number of nitrogens with one attached hydrogen (secondary N) is 1. The number of hydrogen-bond acceptors (Lipinski definition) is 4. The van der Waals surface area contributed by atoms with E-state index in [1.165, 1.54) is 0 Å². The molecule has 6 nitrogen and oxygen atoms in total. The molecule has 0 spiro atoms. The first kappa shape index (κ1) is 20.9. The van der Waals surface area contributed by atoms with Crippen LogP contribution in [0.4, 0.5) is 4.39 Å². The Balaban J connectivity index is 1.96. The first-order valence-corrected chi connectivity index (χ1v) is 10.1. The summed E-state index contributed by atoms with van der Waals surface area (Å²) in [6.45, 7) is 2.78. The van der Waals surface area contributed by atoms with E-state index < -0.39 is 26.7 Å². The van der Waals surface area contributed by atoms with Crippen molar-refractivity contribution in [1.29, 1.82) is 0 Å². The third kappa shape index (κ3) is 6.04. The normalized spacial score (nSPS) is 11.3. The number of carboxylic acids is 1. The topological polar surface area (TPSA) is 92.7 Å². The van der Waals surface area contributed by atoms with Gasteiger partial charge in [0.25, 0.3) is 0 Å². The number of carboxylic acid groups (broad SMARTS) is 1. The minimum Gasteiger partial charge on any atom is -0.494 e. The molecule has 27 heavy (non-hydrogen) atoms. The Bertz CT molecular complexity index is 881. The lowest BCUT2D eigenvalue weighted by molar-refractivity contribution is 0.0696. The van der Waals surface area contributed by atoms with Gasteiger partial charge in [0.05, 0.1) is 12.2 Å². The summed E-state index contributed by atoms with van der Waals surface area (Å²) in [5, 5.41) is 8.93. The molecule has 0 atom stereocenters. The molecule has 0 amide bonds. The van der Waals surface area contributed by atoms with Crippen LogP contribution < -0.4 is 9.46 Å². The second kappa shape index (κ2) is 9.48. The van der Waals surface area contributed by atoms with Crippen LogP contribution in [0.3, 0.4) is 0 Å². The molecule has 146 valence electrons. The number of carbonyl (C=O) groups is 1. The van der Waals surface area contributed by atoms with E-state index in [1.54, 1.807) is 0 Å². The van der Waals surface area contributed by atoms with Crippen molar-refractivity contribution in [3.63, 3.8) is 0 Å². The smallest absolute Gasteiger partial charge is 0.335 e. The van der Waals surface area contributed by atoms with Gasteiger partial charge in [-0.3, -0.25) is 0 Å². The Morgan fingerprint density at radius 3 is 2.52 bits per heavy atom. The predicted octanol–water partition coefficient (Wildman–Crippen LogP) is 3.22. The van der Waals surface area contributed by atoms with Crippen LogP contribution in [0.15, 0.2) is 47.4 Å². The standard InChI is InChI=1S/C19H22FNO5S/c1-2-3-12-26-16-7-4-14(5-8-16)10-11-21-27(24,25)18-13-15(19(22)23)6-9-17(18)20/h4-9,13,21H,2-3,10-12H2,1H3,(H,22,23). The number of ether oxygens (including phenoxy) is 1. The van der Waals surface area contributed by atoms with Crippen LogP contribution in [0.1, 0.15) is 35.7 Å². The lowest BCUT2D eigenvalue weighted by atomic mass is 10.1. The third-order valence-electron chi connectivity index (χ3n) is 3.86. The maximum atomic E-state index is 13.8. The van der Waals surface area contributed by atoms with Crippen molar-refractivity contribution in [1.82, 2.24) is 4.72 Å². The summed E-state index contributed by atoms with van der Waals surface area (Å²) in [4.78, 5) is 10.3. The van der Waals surface area contributed by atoms with Gasteiger partial charge in [-0.25, -0.2) is 22.3 Å². The van der Waals surface area contributed by atoms with Crippen LogP contribution in [0.2, 0.25) is 0 Å². The van der Waals surface area contributed by atoms with Gasteiger partial charge in [-0.05, 0) is 48.7 Å². The average molecular weight is 395 g/mol. The molecule has 0 bridgehead atoms. The zero-order chi connectivity index (χ0) is 19.9. The minimum absolute atomic E-state index is 0.0507. The summed E-state index contributed by atoms with van der Waals surface area (Å²) in [6, 6.07) is 9.95.